The van der Waals surface area contributed by atoms with E-state index in [1.165, 1.54) is 5.52 Å². The van der Waals surface area contributed by atoms with Crippen molar-refractivity contribution in [1.29, 1.82) is 0 Å². The standard InChI is InChI=1S/C15H19N5O/c21-8-7-19-5-2-11(3-6-19)20-10-18-13-9-17-15-12(14(13)20)1-4-16-15/h1,4,9-11,21H,2-3,5-8H2,(H,16,17). The van der Waals surface area contributed by atoms with Crippen LogP contribution in [0.3, 0.4) is 0 Å². The minimum absolute atomic E-state index is 0.244. The summed E-state index contributed by atoms with van der Waals surface area (Å²) in [6.45, 7) is 3.09. The molecule has 4 rings (SSSR count). The molecule has 6 nitrogen and oxygen atoms in total. The van der Waals surface area contributed by atoms with E-state index in [1.54, 1.807) is 0 Å². The molecule has 1 aliphatic heterocycles. The van der Waals surface area contributed by atoms with Gasteiger partial charge >= 0.3 is 0 Å². The molecule has 3 aromatic rings. The predicted octanol–water partition coefficient (Wildman–Crippen LogP) is 1.54. The number of piperidine rings is 1. The molecule has 0 saturated carbocycles. The van der Waals surface area contributed by atoms with Crippen LogP contribution in [0.1, 0.15) is 18.9 Å². The summed E-state index contributed by atoms with van der Waals surface area (Å²) in [6.07, 6.45) is 7.91. The van der Waals surface area contributed by atoms with Gasteiger partial charge in [-0.05, 0) is 18.9 Å². The molecule has 110 valence electrons. The van der Waals surface area contributed by atoms with Crippen molar-refractivity contribution in [3.8, 4) is 0 Å². The molecule has 0 amide bonds. The minimum atomic E-state index is 0.244. The summed E-state index contributed by atoms with van der Waals surface area (Å²) in [4.78, 5) is 14.4. The third-order valence-electron chi connectivity index (χ3n) is 4.48. The number of hydrogen-bond donors (Lipinski definition) is 2. The Balaban J connectivity index is 1.69. The number of β-amino-alcohol motifs (C(OH)–C–C–N with tert-alkyl or cyclic N) is 1. The predicted molar refractivity (Wildman–Crippen MR) is 81.2 cm³/mol. The van der Waals surface area contributed by atoms with E-state index in [4.69, 9.17) is 5.11 Å². The van der Waals surface area contributed by atoms with Crippen LogP contribution in [-0.2, 0) is 0 Å². The van der Waals surface area contributed by atoms with E-state index < -0.39 is 0 Å². The number of H-pyrrole nitrogens is 1. The highest BCUT2D eigenvalue weighted by Gasteiger charge is 2.22. The molecule has 1 fully saturated rings. The number of imidazole rings is 1. The summed E-state index contributed by atoms with van der Waals surface area (Å²) in [5.74, 6) is 0. The Kier molecular flexibility index (Phi) is 3.12. The zero-order chi connectivity index (χ0) is 14.2. The van der Waals surface area contributed by atoms with Crippen LogP contribution in [0.5, 0.6) is 0 Å². The first kappa shape index (κ1) is 12.8. The second kappa shape index (κ2) is 5.13. The summed E-state index contributed by atoms with van der Waals surface area (Å²) in [6, 6.07) is 2.55. The molecular formula is C15H19N5O. The first-order chi connectivity index (χ1) is 10.4. The fraction of sp³-hybridized carbons (Fsp3) is 0.467. The van der Waals surface area contributed by atoms with E-state index in [9.17, 15) is 0 Å². The van der Waals surface area contributed by atoms with Gasteiger partial charge in [0, 0.05) is 37.3 Å². The second-order valence-corrected chi connectivity index (χ2v) is 5.68. The largest absolute Gasteiger partial charge is 0.395 e. The Morgan fingerprint density at radius 1 is 1.29 bits per heavy atom. The molecule has 6 heteroatoms. The van der Waals surface area contributed by atoms with Crippen LogP contribution in [0.15, 0.2) is 24.8 Å². The average molecular weight is 285 g/mol. The molecule has 1 aliphatic rings. The molecule has 0 atom stereocenters. The van der Waals surface area contributed by atoms with Gasteiger partial charge < -0.3 is 19.6 Å². The number of hydrogen-bond acceptors (Lipinski definition) is 4. The third kappa shape index (κ3) is 2.11. The van der Waals surface area contributed by atoms with Crippen molar-refractivity contribution in [2.45, 2.75) is 18.9 Å². The van der Waals surface area contributed by atoms with E-state index in [2.05, 4.69) is 30.5 Å². The normalized spacial score (nSPS) is 18.0. The van der Waals surface area contributed by atoms with Crippen molar-refractivity contribution in [2.24, 2.45) is 0 Å². The Hall–Kier alpha value is -1.92. The van der Waals surface area contributed by atoms with Crippen LogP contribution in [-0.4, -0.2) is 55.8 Å². The number of fused-ring (bicyclic) bond motifs is 3. The van der Waals surface area contributed by atoms with Crippen LogP contribution in [0.2, 0.25) is 0 Å². The zero-order valence-corrected chi connectivity index (χ0v) is 11.9. The van der Waals surface area contributed by atoms with Crippen LogP contribution >= 0.6 is 0 Å². The number of nitrogens with one attached hydrogen (secondary N) is 1. The van der Waals surface area contributed by atoms with Crippen LogP contribution < -0.4 is 0 Å². The van der Waals surface area contributed by atoms with Crippen LogP contribution in [0, 0.1) is 0 Å². The molecule has 0 aliphatic carbocycles. The average Bonchev–Trinajstić information content (AvgIpc) is 3.14. The molecule has 0 unspecified atom stereocenters. The SMILES string of the molecule is OCCN1CCC(n2cnc3cnc4[nH]ccc4c32)CC1. The number of likely N-dealkylation sites (tertiary alicyclic amines) is 1. The van der Waals surface area contributed by atoms with E-state index >= 15 is 0 Å². The van der Waals surface area contributed by atoms with Gasteiger partial charge in [-0.3, -0.25) is 0 Å². The Labute approximate surface area is 122 Å². The van der Waals surface area contributed by atoms with Crippen molar-refractivity contribution in [3.63, 3.8) is 0 Å². The van der Waals surface area contributed by atoms with Crippen LogP contribution in [0.25, 0.3) is 22.1 Å². The van der Waals surface area contributed by atoms with Gasteiger partial charge in [0.1, 0.15) is 11.2 Å². The van der Waals surface area contributed by atoms with Gasteiger partial charge in [0.05, 0.1) is 24.6 Å². The van der Waals surface area contributed by atoms with Gasteiger partial charge in [0.15, 0.2) is 0 Å². The molecule has 0 aromatic carbocycles. The van der Waals surface area contributed by atoms with Crippen molar-refractivity contribution >= 4 is 22.1 Å². The fourth-order valence-corrected chi connectivity index (χ4v) is 3.37. The van der Waals surface area contributed by atoms with E-state index in [1.807, 2.05) is 18.7 Å². The first-order valence-electron chi connectivity index (χ1n) is 7.48. The molecule has 3 aromatic heterocycles. The number of aliphatic hydroxyl groups excluding tert-OH is 1. The highest BCUT2D eigenvalue weighted by molar-refractivity contribution is 6.00. The highest BCUT2D eigenvalue weighted by atomic mass is 16.3. The number of aromatic amines is 1. The first-order valence-corrected chi connectivity index (χ1v) is 7.48. The van der Waals surface area contributed by atoms with Crippen molar-refractivity contribution in [2.75, 3.05) is 26.2 Å². The van der Waals surface area contributed by atoms with Gasteiger partial charge in [-0.25, -0.2) is 9.97 Å². The second-order valence-electron chi connectivity index (χ2n) is 5.68. The summed E-state index contributed by atoms with van der Waals surface area (Å²) in [5.41, 5.74) is 3.06. The van der Waals surface area contributed by atoms with Gasteiger partial charge in [0.2, 0.25) is 0 Å². The van der Waals surface area contributed by atoms with Gasteiger partial charge in [-0.1, -0.05) is 0 Å². The van der Waals surface area contributed by atoms with Gasteiger partial charge in [0.25, 0.3) is 0 Å². The highest BCUT2D eigenvalue weighted by Crippen LogP contribution is 2.29. The van der Waals surface area contributed by atoms with Crippen molar-refractivity contribution in [3.05, 3.63) is 24.8 Å². The number of nitrogens with zero attached hydrogens (tertiary/aromatic N) is 4. The number of aliphatic hydroxyl groups is 1. The Morgan fingerprint density at radius 2 is 2.14 bits per heavy atom. The molecule has 21 heavy (non-hydrogen) atoms. The maximum Gasteiger partial charge on any atom is 0.139 e. The fourth-order valence-electron chi connectivity index (χ4n) is 3.37. The number of aromatic nitrogens is 4. The summed E-state index contributed by atoms with van der Waals surface area (Å²) in [5, 5.41) is 10.2. The molecule has 0 radical (unpaired) electrons. The molecule has 0 spiro atoms. The monoisotopic (exact) mass is 285 g/mol. The van der Waals surface area contributed by atoms with E-state index in [-0.39, 0.29) is 6.61 Å². The lowest BCUT2D eigenvalue weighted by atomic mass is 10.0. The summed E-state index contributed by atoms with van der Waals surface area (Å²) in [7, 11) is 0. The lowest BCUT2D eigenvalue weighted by molar-refractivity contribution is 0.150. The van der Waals surface area contributed by atoms with E-state index in [0.717, 1.165) is 49.0 Å². The van der Waals surface area contributed by atoms with Crippen molar-refractivity contribution in [1.82, 2.24) is 24.4 Å². The molecule has 4 heterocycles. The Morgan fingerprint density at radius 3 is 2.95 bits per heavy atom. The van der Waals surface area contributed by atoms with Gasteiger partial charge in [-0.2, -0.15) is 0 Å². The summed E-state index contributed by atoms with van der Waals surface area (Å²) >= 11 is 0. The minimum Gasteiger partial charge on any atom is -0.395 e. The molecule has 1 saturated heterocycles. The lowest BCUT2D eigenvalue weighted by Crippen LogP contribution is -2.36. The smallest absolute Gasteiger partial charge is 0.139 e. The molecule has 2 N–H and O–H groups in total. The quantitative estimate of drug-likeness (QED) is 0.766. The lowest BCUT2D eigenvalue weighted by Gasteiger charge is -2.32. The number of rotatable bonds is 3. The van der Waals surface area contributed by atoms with E-state index in [0.29, 0.717) is 6.04 Å². The van der Waals surface area contributed by atoms with Crippen LogP contribution in [0.4, 0.5) is 0 Å². The zero-order valence-electron chi connectivity index (χ0n) is 11.9. The maximum atomic E-state index is 9.04. The third-order valence-corrected chi connectivity index (χ3v) is 4.48. The molecule has 0 bridgehead atoms. The summed E-state index contributed by atoms with van der Waals surface area (Å²) < 4.78 is 2.31. The Bertz CT molecular complexity index is 754. The van der Waals surface area contributed by atoms with Gasteiger partial charge in [-0.15, -0.1) is 0 Å². The number of pyridine rings is 1. The molecular weight excluding hydrogens is 266 g/mol. The van der Waals surface area contributed by atoms with Crippen molar-refractivity contribution < 1.29 is 5.11 Å². The topological polar surface area (TPSA) is 70.0 Å². The maximum absolute atomic E-state index is 9.04.